The van der Waals surface area contributed by atoms with E-state index in [0.29, 0.717) is 28.6 Å². The van der Waals surface area contributed by atoms with E-state index in [-0.39, 0.29) is 12.3 Å². The maximum atomic E-state index is 12.7. The van der Waals surface area contributed by atoms with Crippen molar-refractivity contribution in [2.75, 3.05) is 6.54 Å². The highest BCUT2D eigenvalue weighted by Gasteiger charge is 2.34. The van der Waals surface area contributed by atoms with Gasteiger partial charge >= 0.3 is 0 Å². The molecule has 2 aromatic carbocycles. The molecule has 0 saturated carbocycles. The Balaban J connectivity index is 1.88. The molecule has 0 saturated heterocycles. The summed E-state index contributed by atoms with van der Waals surface area (Å²) in [5, 5.41) is 0.938. The molecule has 3 rings (SSSR count). The number of amides is 2. The number of rotatable bonds is 3. The van der Waals surface area contributed by atoms with Crippen molar-refractivity contribution in [1.29, 1.82) is 0 Å². The van der Waals surface area contributed by atoms with Crippen molar-refractivity contribution in [3.05, 3.63) is 69.2 Å². The van der Waals surface area contributed by atoms with E-state index in [1.54, 1.807) is 30.3 Å². The second kappa shape index (κ2) is 6.83. The van der Waals surface area contributed by atoms with Crippen LogP contribution in [0.4, 0.5) is 0 Å². The Labute approximate surface area is 150 Å². The topological polar surface area (TPSA) is 63.4 Å². The molecule has 0 spiro atoms. The molecule has 2 aromatic rings. The summed E-state index contributed by atoms with van der Waals surface area (Å²) in [5.74, 6) is -0.737. The summed E-state index contributed by atoms with van der Waals surface area (Å²) >= 11 is 12.0. The summed E-state index contributed by atoms with van der Waals surface area (Å²) < 4.78 is 0. The van der Waals surface area contributed by atoms with E-state index in [0.717, 1.165) is 11.1 Å². The standard InChI is InChI=1S/C18H15Cl2N2O2/c19-13-6-5-12(15(20)10-13)9-16(23)22-8-7-11-3-1-2-4-14(11)17(22)18(21)24/h2-6,10,17H,7-9H2,(H2,21,24). The van der Waals surface area contributed by atoms with Crippen molar-refractivity contribution in [2.24, 2.45) is 5.73 Å². The van der Waals surface area contributed by atoms with Crippen molar-refractivity contribution in [2.45, 2.75) is 18.9 Å². The van der Waals surface area contributed by atoms with Crippen LogP contribution in [0.1, 0.15) is 22.7 Å². The van der Waals surface area contributed by atoms with Crippen molar-refractivity contribution in [3.8, 4) is 0 Å². The van der Waals surface area contributed by atoms with Gasteiger partial charge in [-0.3, -0.25) is 9.59 Å². The molecule has 4 nitrogen and oxygen atoms in total. The number of halogens is 2. The summed E-state index contributed by atoms with van der Waals surface area (Å²) in [6.45, 7) is 0.433. The molecule has 0 aromatic heterocycles. The van der Waals surface area contributed by atoms with Gasteiger partial charge in [-0.1, -0.05) is 47.5 Å². The molecule has 1 aliphatic heterocycles. The predicted molar refractivity (Wildman–Crippen MR) is 92.8 cm³/mol. The largest absolute Gasteiger partial charge is 0.368 e. The predicted octanol–water partition coefficient (Wildman–Crippen LogP) is 2.95. The van der Waals surface area contributed by atoms with Crippen LogP contribution in [-0.4, -0.2) is 23.3 Å². The average Bonchev–Trinajstić information content (AvgIpc) is 2.56. The van der Waals surface area contributed by atoms with E-state index in [9.17, 15) is 9.59 Å². The molecule has 2 amide bonds. The second-order valence-corrected chi connectivity index (χ2v) is 6.52. The molecule has 0 aliphatic carbocycles. The van der Waals surface area contributed by atoms with E-state index in [4.69, 9.17) is 28.9 Å². The van der Waals surface area contributed by atoms with Crippen LogP contribution in [0.3, 0.4) is 0 Å². The summed E-state index contributed by atoms with van der Waals surface area (Å²) in [6.07, 6.45) is 0.755. The summed E-state index contributed by atoms with van der Waals surface area (Å²) in [4.78, 5) is 26.2. The van der Waals surface area contributed by atoms with Crippen LogP contribution < -0.4 is 5.73 Å². The number of benzene rings is 2. The lowest BCUT2D eigenvalue weighted by Crippen LogP contribution is -2.46. The number of nitrogens with zero attached hydrogens (tertiary/aromatic N) is 1. The molecule has 2 N–H and O–H groups in total. The van der Waals surface area contributed by atoms with Gasteiger partial charge < -0.3 is 10.6 Å². The van der Waals surface area contributed by atoms with E-state index in [1.165, 1.54) is 4.90 Å². The number of carbonyl (C=O) groups excluding carboxylic acids is 2. The van der Waals surface area contributed by atoms with Gasteiger partial charge in [-0.15, -0.1) is 0 Å². The Hall–Kier alpha value is -2.04. The maximum absolute atomic E-state index is 12.7. The van der Waals surface area contributed by atoms with Crippen LogP contribution >= 0.6 is 23.2 Å². The molecule has 1 radical (unpaired) electrons. The van der Waals surface area contributed by atoms with Crippen LogP contribution in [0.15, 0.2) is 36.4 Å². The van der Waals surface area contributed by atoms with Crippen LogP contribution in [-0.2, 0) is 22.4 Å². The van der Waals surface area contributed by atoms with Gasteiger partial charge in [-0.05, 0) is 41.3 Å². The first-order valence-electron chi connectivity index (χ1n) is 7.49. The Kier molecular flexibility index (Phi) is 4.78. The fourth-order valence-electron chi connectivity index (χ4n) is 3.00. The first-order chi connectivity index (χ1) is 11.5. The van der Waals surface area contributed by atoms with Gasteiger partial charge in [0.2, 0.25) is 11.8 Å². The molecular formula is C18H15Cl2N2O2. The fourth-order valence-corrected chi connectivity index (χ4v) is 3.48. The smallest absolute Gasteiger partial charge is 0.244 e. The maximum Gasteiger partial charge on any atom is 0.244 e. The van der Waals surface area contributed by atoms with E-state index >= 15 is 0 Å². The average molecular weight is 362 g/mol. The summed E-state index contributed by atoms with van der Waals surface area (Å²) in [6, 6.07) is 12.6. The Morgan fingerprint density at radius 2 is 2.08 bits per heavy atom. The monoisotopic (exact) mass is 361 g/mol. The summed E-state index contributed by atoms with van der Waals surface area (Å²) in [5.41, 5.74) is 8.00. The van der Waals surface area contributed by atoms with Crippen LogP contribution in [0, 0.1) is 6.07 Å². The molecule has 0 bridgehead atoms. The number of carbonyl (C=O) groups is 2. The zero-order valence-electron chi connectivity index (χ0n) is 12.8. The van der Waals surface area contributed by atoms with Crippen molar-refractivity contribution >= 4 is 35.0 Å². The van der Waals surface area contributed by atoms with Crippen LogP contribution in [0.5, 0.6) is 0 Å². The molecule has 1 atom stereocenters. The van der Waals surface area contributed by atoms with Gasteiger partial charge in [0.25, 0.3) is 0 Å². The number of primary amides is 1. The minimum Gasteiger partial charge on any atom is -0.368 e. The van der Waals surface area contributed by atoms with Crippen LogP contribution in [0.2, 0.25) is 10.0 Å². The Bertz CT molecular complexity index is 807. The molecular weight excluding hydrogens is 347 g/mol. The van der Waals surface area contributed by atoms with Gasteiger partial charge in [-0.25, -0.2) is 0 Å². The third-order valence-electron chi connectivity index (χ3n) is 4.16. The first-order valence-corrected chi connectivity index (χ1v) is 8.24. The summed E-state index contributed by atoms with van der Waals surface area (Å²) in [7, 11) is 0. The van der Waals surface area contributed by atoms with Crippen molar-refractivity contribution in [1.82, 2.24) is 4.90 Å². The van der Waals surface area contributed by atoms with E-state index < -0.39 is 11.9 Å². The van der Waals surface area contributed by atoms with Gasteiger partial charge in [0.1, 0.15) is 6.04 Å². The number of nitrogens with two attached hydrogens (primary N) is 1. The number of hydrogen-bond acceptors (Lipinski definition) is 2. The Morgan fingerprint density at radius 3 is 2.79 bits per heavy atom. The molecule has 6 heteroatoms. The van der Waals surface area contributed by atoms with Gasteiger partial charge in [0.15, 0.2) is 0 Å². The third kappa shape index (κ3) is 3.25. The Morgan fingerprint density at radius 1 is 1.29 bits per heavy atom. The minimum absolute atomic E-state index is 0.0913. The molecule has 1 unspecified atom stereocenters. The van der Waals surface area contributed by atoms with Crippen LogP contribution in [0.25, 0.3) is 0 Å². The second-order valence-electron chi connectivity index (χ2n) is 5.68. The van der Waals surface area contributed by atoms with E-state index in [2.05, 4.69) is 6.07 Å². The van der Waals surface area contributed by atoms with E-state index in [1.807, 2.05) is 6.07 Å². The van der Waals surface area contributed by atoms with Gasteiger partial charge in [-0.2, -0.15) is 0 Å². The highest BCUT2D eigenvalue weighted by molar-refractivity contribution is 6.35. The fraction of sp³-hybridized carbons (Fsp3) is 0.222. The molecule has 1 aliphatic rings. The number of fused-ring (bicyclic) bond motifs is 1. The quantitative estimate of drug-likeness (QED) is 0.913. The van der Waals surface area contributed by atoms with Crippen molar-refractivity contribution in [3.63, 3.8) is 0 Å². The molecule has 0 fully saturated rings. The third-order valence-corrected chi connectivity index (χ3v) is 4.75. The zero-order valence-corrected chi connectivity index (χ0v) is 14.3. The molecule has 1 heterocycles. The lowest BCUT2D eigenvalue weighted by atomic mass is 9.91. The zero-order chi connectivity index (χ0) is 17.3. The highest BCUT2D eigenvalue weighted by Crippen LogP contribution is 2.30. The normalized spacial score (nSPS) is 16.6. The lowest BCUT2D eigenvalue weighted by Gasteiger charge is -2.35. The lowest BCUT2D eigenvalue weighted by molar-refractivity contribution is -0.139. The molecule has 24 heavy (non-hydrogen) atoms. The van der Waals surface area contributed by atoms with Gasteiger partial charge in [0, 0.05) is 16.6 Å². The minimum atomic E-state index is -0.762. The molecule has 123 valence electrons. The first kappa shape index (κ1) is 16.8. The SMILES string of the molecule is NC(=O)C1c2cc[c]cc2CCN1C(=O)Cc1ccc(Cl)cc1Cl. The van der Waals surface area contributed by atoms with Crippen molar-refractivity contribution < 1.29 is 9.59 Å². The van der Waals surface area contributed by atoms with Gasteiger partial charge in [0.05, 0.1) is 6.42 Å². The highest BCUT2D eigenvalue weighted by atomic mass is 35.5. The number of hydrogen-bond donors (Lipinski definition) is 1.